The van der Waals surface area contributed by atoms with Crippen molar-refractivity contribution in [3.8, 4) is 17.0 Å². The molecule has 0 radical (unpaired) electrons. The summed E-state index contributed by atoms with van der Waals surface area (Å²) in [5.41, 5.74) is 3.36. The maximum atomic E-state index is 13.0. The van der Waals surface area contributed by atoms with E-state index >= 15 is 0 Å². The molecule has 4 rings (SSSR count). The normalized spacial score (nSPS) is 10.6. The summed E-state index contributed by atoms with van der Waals surface area (Å²) in [4.78, 5) is 13.0. The first-order chi connectivity index (χ1) is 15.8. The van der Waals surface area contributed by atoms with Crippen LogP contribution in [0.4, 0.5) is 0 Å². The molecule has 0 saturated carbocycles. The summed E-state index contributed by atoms with van der Waals surface area (Å²) in [6, 6.07) is 29.7. The van der Waals surface area contributed by atoms with E-state index in [1.54, 1.807) is 0 Å². The number of para-hydroxylation sites is 1. The van der Waals surface area contributed by atoms with Crippen molar-refractivity contribution in [3.63, 3.8) is 0 Å². The molecule has 3 aromatic carbocycles. The van der Waals surface area contributed by atoms with Gasteiger partial charge in [0.1, 0.15) is 11.4 Å². The van der Waals surface area contributed by atoms with Crippen LogP contribution in [0.2, 0.25) is 0 Å². The first kappa shape index (κ1) is 21.4. The third-order valence-electron chi connectivity index (χ3n) is 5.11. The second-order valence-corrected chi connectivity index (χ2v) is 7.57. The maximum absolute atomic E-state index is 13.0. The molecule has 0 aliphatic heterocycles. The molecule has 0 saturated heterocycles. The largest absolute Gasteiger partial charge is 0.494 e. The lowest BCUT2D eigenvalue weighted by molar-refractivity contribution is 0.0953. The summed E-state index contributed by atoms with van der Waals surface area (Å²) in [6.07, 6.45) is 3.55. The van der Waals surface area contributed by atoms with E-state index in [2.05, 4.69) is 17.4 Å². The van der Waals surface area contributed by atoms with Crippen LogP contribution in [0.5, 0.6) is 5.75 Å². The zero-order chi connectivity index (χ0) is 22.0. The fourth-order valence-electron chi connectivity index (χ4n) is 3.48. The van der Waals surface area contributed by atoms with Crippen LogP contribution in [0.25, 0.3) is 11.3 Å². The number of nitrogens with zero attached hydrogens (tertiary/aromatic N) is 2. The van der Waals surface area contributed by atoms with Crippen LogP contribution >= 0.6 is 0 Å². The van der Waals surface area contributed by atoms with Crippen molar-refractivity contribution in [2.75, 3.05) is 13.2 Å². The zero-order valence-corrected chi connectivity index (χ0v) is 18.0. The Balaban J connectivity index is 1.36. The number of aromatic nitrogens is 2. The number of carbonyl (C=O) groups is 1. The molecule has 0 aliphatic carbocycles. The average molecular weight is 426 g/mol. The summed E-state index contributed by atoms with van der Waals surface area (Å²) < 4.78 is 7.54. The van der Waals surface area contributed by atoms with Crippen molar-refractivity contribution in [2.24, 2.45) is 0 Å². The smallest absolute Gasteiger partial charge is 0.255 e. The lowest BCUT2D eigenvalue weighted by Gasteiger charge is -2.07. The molecule has 0 aliphatic rings. The number of benzene rings is 3. The highest BCUT2D eigenvalue weighted by molar-refractivity contribution is 5.99. The summed E-state index contributed by atoms with van der Waals surface area (Å²) in [5, 5.41) is 7.76. The second-order valence-electron chi connectivity index (χ2n) is 7.57. The van der Waals surface area contributed by atoms with Gasteiger partial charge < -0.3 is 10.1 Å². The number of amides is 1. The Morgan fingerprint density at radius 2 is 1.50 bits per heavy atom. The molecule has 0 atom stereocenters. The number of nitrogens with one attached hydrogen (secondary N) is 1. The van der Waals surface area contributed by atoms with E-state index in [0.29, 0.717) is 31.0 Å². The molecule has 0 unspecified atom stereocenters. The first-order valence-corrected chi connectivity index (χ1v) is 10.9. The zero-order valence-electron chi connectivity index (χ0n) is 18.0. The van der Waals surface area contributed by atoms with E-state index < -0.39 is 0 Å². The first-order valence-electron chi connectivity index (χ1n) is 10.9. The van der Waals surface area contributed by atoms with E-state index in [1.165, 1.54) is 0 Å². The average Bonchev–Trinajstić information content (AvgIpc) is 3.27. The van der Waals surface area contributed by atoms with Crippen LogP contribution in [0.3, 0.4) is 0 Å². The Morgan fingerprint density at radius 1 is 0.844 bits per heavy atom. The summed E-state index contributed by atoms with van der Waals surface area (Å²) >= 11 is 0. The molecule has 0 spiro atoms. The SMILES string of the molecule is O=C(NCCCCOc1ccccc1)c1cn(Cc2ccccc2)nc1-c1ccccc1. The van der Waals surface area contributed by atoms with Gasteiger partial charge in [-0.15, -0.1) is 0 Å². The van der Waals surface area contributed by atoms with E-state index in [0.717, 1.165) is 29.7 Å². The van der Waals surface area contributed by atoms with Gasteiger partial charge in [0, 0.05) is 18.3 Å². The minimum atomic E-state index is -0.104. The Labute approximate surface area is 188 Å². The Hall–Kier alpha value is -3.86. The van der Waals surface area contributed by atoms with Gasteiger partial charge in [-0.3, -0.25) is 9.48 Å². The molecule has 5 nitrogen and oxygen atoms in total. The second kappa shape index (κ2) is 11.0. The predicted molar refractivity (Wildman–Crippen MR) is 127 cm³/mol. The number of unbranched alkanes of at least 4 members (excludes halogenated alkanes) is 1. The van der Waals surface area contributed by atoms with Crippen LogP contribution < -0.4 is 10.1 Å². The van der Waals surface area contributed by atoms with Gasteiger partial charge in [-0.1, -0.05) is 78.9 Å². The number of hydrogen-bond acceptors (Lipinski definition) is 3. The molecule has 1 heterocycles. The maximum Gasteiger partial charge on any atom is 0.255 e. The van der Waals surface area contributed by atoms with Crippen molar-refractivity contribution >= 4 is 5.91 Å². The van der Waals surface area contributed by atoms with Crippen LogP contribution in [0.15, 0.2) is 97.2 Å². The number of rotatable bonds is 10. The quantitative estimate of drug-likeness (QED) is 0.356. The minimum Gasteiger partial charge on any atom is -0.494 e. The summed E-state index contributed by atoms with van der Waals surface area (Å²) in [7, 11) is 0. The van der Waals surface area contributed by atoms with Gasteiger partial charge in [-0.2, -0.15) is 5.10 Å². The molecular formula is C27H27N3O2. The van der Waals surface area contributed by atoms with Gasteiger partial charge in [0.25, 0.3) is 5.91 Å². The molecule has 1 amide bonds. The van der Waals surface area contributed by atoms with Crippen molar-refractivity contribution in [3.05, 3.63) is 108 Å². The number of carbonyl (C=O) groups excluding carboxylic acids is 1. The molecule has 162 valence electrons. The fraction of sp³-hybridized carbons (Fsp3) is 0.185. The molecule has 32 heavy (non-hydrogen) atoms. The summed E-state index contributed by atoms with van der Waals surface area (Å²) in [6.45, 7) is 1.84. The van der Waals surface area contributed by atoms with Gasteiger partial charge >= 0.3 is 0 Å². The van der Waals surface area contributed by atoms with Crippen molar-refractivity contribution < 1.29 is 9.53 Å². The lowest BCUT2D eigenvalue weighted by atomic mass is 10.1. The molecule has 0 fully saturated rings. The molecule has 1 N–H and O–H groups in total. The number of hydrogen-bond donors (Lipinski definition) is 1. The van der Waals surface area contributed by atoms with Crippen LogP contribution in [-0.2, 0) is 6.54 Å². The highest BCUT2D eigenvalue weighted by Crippen LogP contribution is 2.22. The van der Waals surface area contributed by atoms with Gasteiger partial charge in [0.05, 0.1) is 18.7 Å². The highest BCUT2D eigenvalue weighted by atomic mass is 16.5. The standard InChI is InChI=1S/C27H27N3O2/c31-27(28-18-10-11-19-32-24-16-8-3-9-17-24)25-21-30(20-22-12-4-1-5-13-22)29-26(25)23-14-6-2-7-15-23/h1-9,12-17,21H,10-11,18-20H2,(H,28,31). The van der Waals surface area contributed by atoms with Crippen LogP contribution in [0, 0.1) is 0 Å². The number of ether oxygens (including phenoxy) is 1. The van der Waals surface area contributed by atoms with E-state index in [9.17, 15) is 4.79 Å². The molecule has 0 bridgehead atoms. The van der Waals surface area contributed by atoms with Crippen molar-refractivity contribution in [2.45, 2.75) is 19.4 Å². The Kier molecular flexibility index (Phi) is 7.32. The van der Waals surface area contributed by atoms with E-state index in [4.69, 9.17) is 9.84 Å². The lowest BCUT2D eigenvalue weighted by Crippen LogP contribution is -2.25. The molecule has 5 heteroatoms. The van der Waals surface area contributed by atoms with Crippen LogP contribution in [0.1, 0.15) is 28.8 Å². The third kappa shape index (κ3) is 5.85. The van der Waals surface area contributed by atoms with Crippen molar-refractivity contribution in [1.29, 1.82) is 0 Å². The Morgan fingerprint density at radius 3 is 2.22 bits per heavy atom. The van der Waals surface area contributed by atoms with Gasteiger partial charge in [-0.05, 0) is 30.5 Å². The Bertz CT molecular complexity index is 1110. The highest BCUT2D eigenvalue weighted by Gasteiger charge is 2.17. The van der Waals surface area contributed by atoms with Crippen molar-refractivity contribution in [1.82, 2.24) is 15.1 Å². The molecule has 4 aromatic rings. The summed E-state index contributed by atoms with van der Waals surface area (Å²) in [5.74, 6) is 0.766. The van der Waals surface area contributed by atoms with E-state index in [-0.39, 0.29) is 5.91 Å². The molecular weight excluding hydrogens is 398 g/mol. The topological polar surface area (TPSA) is 56.1 Å². The third-order valence-corrected chi connectivity index (χ3v) is 5.11. The van der Waals surface area contributed by atoms with Gasteiger partial charge in [-0.25, -0.2) is 0 Å². The van der Waals surface area contributed by atoms with Gasteiger partial charge in [0.15, 0.2) is 0 Å². The van der Waals surface area contributed by atoms with Gasteiger partial charge in [0.2, 0.25) is 0 Å². The predicted octanol–water partition coefficient (Wildman–Crippen LogP) is 5.19. The fourth-order valence-corrected chi connectivity index (χ4v) is 3.48. The minimum absolute atomic E-state index is 0.104. The monoisotopic (exact) mass is 425 g/mol. The molecule has 1 aromatic heterocycles. The van der Waals surface area contributed by atoms with E-state index in [1.807, 2.05) is 89.7 Å². The van der Waals surface area contributed by atoms with Crippen LogP contribution in [-0.4, -0.2) is 28.8 Å².